The van der Waals surface area contributed by atoms with E-state index in [1.54, 1.807) is 51.2 Å². The molecule has 1 aromatic heterocycles. The molecular formula is C16H20N2O4S. The number of benzene rings is 1. The standard InChI is InChI=1S/C16H20N2O4S/c1-4-22-16(19)11-18(12(2)3)23(20,21)15-9-5-8-14-13(15)7-6-10-17-14/h5-10,12H,4,11H2,1-3H3. The molecule has 0 bridgehead atoms. The first-order valence-corrected chi connectivity index (χ1v) is 8.83. The molecule has 0 unspecified atom stereocenters. The molecule has 1 aromatic carbocycles. The van der Waals surface area contributed by atoms with Crippen LogP contribution in [-0.4, -0.2) is 42.9 Å². The number of carbonyl (C=O) groups is 1. The van der Waals surface area contributed by atoms with Crippen LogP contribution in [0.1, 0.15) is 20.8 Å². The van der Waals surface area contributed by atoms with E-state index in [1.165, 1.54) is 6.07 Å². The van der Waals surface area contributed by atoms with Crippen LogP contribution in [0.15, 0.2) is 41.4 Å². The van der Waals surface area contributed by atoms with Gasteiger partial charge in [-0.05, 0) is 45.0 Å². The summed E-state index contributed by atoms with van der Waals surface area (Å²) in [5.41, 5.74) is 0.591. The Morgan fingerprint density at radius 2 is 2.00 bits per heavy atom. The van der Waals surface area contributed by atoms with E-state index in [2.05, 4.69) is 4.98 Å². The lowest BCUT2D eigenvalue weighted by atomic mass is 10.2. The fourth-order valence-corrected chi connectivity index (χ4v) is 4.09. The smallest absolute Gasteiger partial charge is 0.321 e. The maximum Gasteiger partial charge on any atom is 0.321 e. The number of aromatic nitrogens is 1. The van der Waals surface area contributed by atoms with Crippen molar-refractivity contribution in [1.82, 2.24) is 9.29 Å². The molecule has 2 aromatic rings. The molecule has 0 saturated carbocycles. The number of nitrogens with zero attached hydrogens (tertiary/aromatic N) is 2. The maximum atomic E-state index is 13.0. The van der Waals surface area contributed by atoms with Crippen LogP contribution in [0.3, 0.4) is 0 Å². The van der Waals surface area contributed by atoms with Crippen LogP contribution in [0, 0.1) is 0 Å². The maximum absolute atomic E-state index is 13.0. The Balaban J connectivity index is 2.50. The van der Waals surface area contributed by atoms with Gasteiger partial charge in [-0.1, -0.05) is 6.07 Å². The van der Waals surface area contributed by atoms with Crippen molar-refractivity contribution < 1.29 is 17.9 Å². The second kappa shape index (κ2) is 7.06. The fraction of sp³-hybridized carbons (Fsp3) is 0.375. The number of esters is 1. The topological polar surface area (TPSA) is 76.6 Å². The van der Waals surface area contributed by atoms with Crippen molar-refractivity contribution in [1.29, 1.82) is 0 Å². The second-order valence-electron chi connectivity index (χ2n) is 5.28. The van der Waals surface area contributed by atoms with E-state index in [1.807, 2.05) is 0 Å². The van der Waals surface area contributed by atoms with E-state index in [0.717, 1.165) is 4.31 Å². The van der Waals surface area contributed by atoms with Crippen LogP contribution in [-0.2, 0) is 19.6 Å². The molecule has 0 aliphatic rings. The zero-order chi connectivity index (χ0) is 17.0. The molecular weight excluding hydrogens is 316 g/mol. The molecule has 7 heteroatoms. The van der Waals surface area contributed by atoms with Gasteiger partial charge in [-0.2, -0.15) is 4.31 Å². The van der Waals surface area contributed by atoms with Gasteiger partial charge in [0.2, 0.25) is 10.0 Å². The van der Waals surface area contributed by atoms with Gasteiger partial charge in [0.15, 0.2) is 0 Å². The number of fused-ring (bicyclic) bond motifs is 1. The molecule has 0 fully saturated rings. The first kappa shape index (κ1) is 17.4. The highest BCUT2D eigenvalue weighted by molar-refractivity contribution is 7.89. The molecule has 0 amide bonds. The van der Waals surface area contributed by atoms with Crippen LogP contribution >= 0.6 is 0 Å². The van der Waals surface area contributed by atoms with E-state index in [-0.39, 0.29) is 24.1 Å². The first-order chi connectivity index (χ1) is 10.9. The molecule has 0 radical (unpaired) electrons. The SMILES string of the molecule is CCOC(=O)CN(C(C)C)S(=O)(=O)c1cccc2ncccc12. The lowest BCUT2D eigenvalue weighted by Gasteiger charge is -2.25. The van der Waals surface area contributed by atoms with Crippen molar-refractivity contribution in [3.8, 4) is 0 Å². The van der Waals surface area contributed by atoms with Gasteiger partial charge in [-0.3, -0.25) is 9.78 Å². The number of pyridine rings is 1. The Morgan fingerprint density at radius 3 is 2.65 bits per heavy atom. The molecule has 0 spiro atoms. The Bertz CT molecular complexity index is 797. The first-order valence-electron chi connectivity index (χ1n) is 7.39. The monoisotopic (exact) mass is 336 g/mol. The summed E-state index contributed by atoms with van der Waals surface area (Å²) in [6.45, 7) is 5.02. The molecule has 0 aliphatic carbocycles. The summed E-state index contributed by atoms with van der Waals surface area (Å²) in [5, 5.41) is 0.532. The molecule has 0 atom stereocenters. The Labute approximate surface area is 136 Å². The summed E-state index contributed by atoms with van der Waals surface area (Å²) in [5.74, 6) is -0.567. The van der Waals surface area contributed by atoms with Crippen molar-refractivity contribution in [2.24, 2.45) is 0 Å². The third-order valence-electron chi connectivity index (χ3n) is 3.36. The molecule has 0 aliphatic heterocycles. The van der Waals surface area contributed by atoms with Gasteiger partial charge in [0.25, 0.3) is 0 Å². The third kappa shape index (κ3) is 3.68. The van der Waals surface area contributed by atoms with Crippen LogP contribution < -0.4 is 0 Å². The summed E-state index contributed by atoms with van der Waals surface area (Å²) < 4.78 is 32.1. The Kier molecular flexibility index (Phi) is 5.33. The molecule has 124 valence electrons. The number of hydrogen-bond donors (Lipinski definition) is 0. The van der Waals surface area contributed by atoms with E-state index in [9.17, 15) is 13.2 Å². The number of sulfonamides is 1. The molecule has 23 heavy (non-hydrogen) atoms. The van der Waals surface area contributed by atoms with Crippen LogP contribution in [0.5, 0.6) is 0 Å². The normalized spacial score (nSPS) is 12.0. The highest BCUT2D eigenvalue weighted by atomic mass is 32.2. The average Bonchev–Trinajstić information content (AvgIpc) is 2.52. The van der Waals surface area contributed by atoms with Gasteiger partial charge in [0, 0.05) is 17.6 Å². The zero-order valence-electron chi connectivity index (χ0n) is 13.4. The van der Waals surface area contributed by atoms with Gasteiger partial charge >= 0.3 is 5.97 Å². The summed E-state index contributed by atoms with van der Waals surface area (Å²) in [4.78, 5) is 16.1. The highest BCUT2D eigenvalue weighted by Gasteiger charge is 2.30. The predicted molar refractivity (Wildman–Crippen MR) is 87.4 cm³/mol. The van der Waals surface area contributed by atoms with E-state index in [0.29, 0.717) is 10.9 Å². The predicted octanol–water partition coefficient (Wildman–Crippen LogP) is 2.20. The fourth-order valence-electron chi connectivity index (χ4n) is 2.31. The minimum atomic E-state index is -3.85. The number of carbonyl (C=O) groups excluding carboxylic acids is 1. The van der Waals surface area contributed by atoms with Gasteiger partial charge in [-0.15, -0.1) is 0 Å². The van der Waals surface area contributed by atoms with Gasteiger partial charge in [0.05, 0.1) is 17.0 Å². The van der Waals surface area contributed by atoms with Crippen LogP contribution in [0.2, 0.25) is 0 Å². The third-order valence-corrected chi connectivity index (χ3v) is 5.44. The summed E-state index contributed by atoms with van der Waals surface area (Å²) >= 11 is 0. The van der Waals surface area contributed by atoms with Gasteiger partial charge in [-0.25, -0.2) is 8.42 Å². The largest absolute Gasteiger partial charge is 0.465 e. The van der Waals surface area contributed by atoms with E-state index >= 15 is 0 Å². The van der Waals surface area contributed by atoms with Gasteiger partial charge < -0.3 is 4.74 Å². The Morgan fingerprint density at radius 1 is 1.26 bits per heavy atom. The highest BCUT2D eigenvalue weighted by Crippen LogP contribution is 2.25. The summed E-state index contributed by atoms with van der Waals surface area (Å²) in [6.07, 6.45) is 1.61. The molecule has 0 saturated heterocycles. The molecule has 1 heterocycles. The van der Waals surface area contributed by atoms with E-state index in [4.69, 9.17) is 4.74 Å². The quantitative estimate of drug-likeness (QED) is 0.756. The van der Waals surface area contributed by atoms with Crippen molar-refractivity contribution in [3.63, 3.8) is 0 Å². The number of rotatable bonds is 6. The van der Waals surface area contributed by atoms with Crippen LogP contribution in [0.4, 0.5) is 0 Å². The zero-order valence-corrected chi connectivity index (χ0v) is 14.2. The second-order valence-corrected chi connectivity index (χ2v) is 7.13. The molecule has 6 nitrogen and oxygen atoms in total. The van der Waals surface area contributed by atoms with Crippen LogP contribution in [0.25, 0.3) is 10.9 Å². The number of ether oxygens (including phenoxy) is 1. The minimum absolute atomic E-state index is 0.140. The average molecular weight is 336 g/mol. The number of hydrogen-bond acceptors (Lipinski definition) is 5. The van der Waals surface area contributed by atoms with Crippen molar-refractivity contribution in [2.45, 2.75) is 31.7 Å². The lowest BCUT2D eigenvalue weighted by Crippen LogP contribution is -2.41. The molecule has 2 rings (SSSR count). The van der Waals surface area contributed by atoms with E-state index < -0.39 is 16.0 Å². The van der Waals surface area contributed by atoms with Gasteiger partial charge in [0.1, 0.15) is 6.54 Å². The lowest BCUT2D eigenvalue weighted by molar-refractivity contribution is -0.143. The van der Waals surface area contributed by atoms with Crippen molar-refractivity contribution in [3.05, 3.63) is 36.5 Å². The summed E-state index contributed by atoms with van der Waals surface area (Å²) in [7, 11) is -3.85. The summed E-state index contributed by atoms with van der Waals surface area (Å²) in [6, 6.07) is 7.94. The van der Waals surface area contributed by atoms with Crippen molar-refractivity contribution in [2.75, 3.05) is 13.2 Å². The van der Waals surface area contributed by atoms with Crippen molar-refractivity contribution >= 4 is 26.9 Å². The minimum Gasteiger partial charge on any atom is -0.465 e. The molecule has 0 N–H and O–H groups in total. The Hall–Kier alpha value is -1.99.